The van der Waals surface area contributed by atoms with Gasteiger partial charge in [0.1, 0.15) is 11.6 Å². The van der Waals surface area contributed by atoms with Crippen LogP contribution >= 0.6 is 0 Å². The van der Waals surface area contributed by atoms with Gasteiger partial charge in [0.15, 0.2) is 0 Å². The summed E-state index contributed by atoms with van der Waals surface area (Å²) in [6.45, 7) is -0.390. The van der Waals surface area contributed by atoms with Crippen molar-refractivity contribution in [3.63, 3.8) is 0 Å². The third-order valence-corrected chi connectivity index (χ3v) is 3.24. The molecule has 0 aromatic heterocycles. The molecule has 128 valence electrons. The Hall–Kier alpha value is -2.48. The number of hydrogen-bond acceptors (Lipinski definition) is 2. The van der Waals surface area contributed by atoms with E-state index < -0.39 is 40.9 Å². The van der Waals surface area contributed by atoms with Gasteiger partial charge >= 0.3 is 6.18 Å². The maximum absolute atomic E-state index is 13.0. The second-order valence-corrected chi connectivity index (χ2v) is 4.97. The van der Waals surface area contributed by atoms with E-state index in [1.807, 2.05) is 0 Å². The van der Waals surface area contributed by atoms with E-state index in [-0.39, 0.29) is 18.2 Å². The molecule has 1 unspecified atom stereocenters. The highest BCUT2D eigenvalue weighted by molar-refractivity contribution is 5.95. The van der Waals surface area contributed by atoms with Gasteiger partial charge in [0.25, 0.3) is 5.91 Å². The van der Waals surface area contributed by atoms with Crippen LogP contribution in [0.2, 0.25) is 0 Å². The van der Waals surface area contributed by atoms with E-state index in [1.54, 1.807) is 0 Å². The number of aliphatic hydroxyl groups is 1. The first-order valence-electron chi connectivity index (χ1n) is 6.77. The molecule has 0 fully saturated rings. The monoisotopic (exact) mass is 345 g/mol. The molecule has 2 aromatic rings. The fourth-order valence-corrected chi connectivity index (χ4v) is 2.04. The largest absolute Gasteiger partial charge is 0.417 e. The van der Waals surface area contributed by atoms with Crippen LogP contribution in [0.15, 0.2) is 42.5 Å². The summed E-state index contributed by atoms with van der Waals surface area (Å²) < 4.78 is 64.4. The average Bonchev–Trinajstić information content (AvgIpc) is 2.52. The summed E-state index contributed by atoms with van der Waals surface area (Å²) in [6, 6.07) is 6.45. The first kappa shape index (κ1) is 17.9. The van der Waals surface area contributed by atoms with Gasteiger partial charge in [-0.2, -0.15) is 13.2 Å². The number of alkyl halides is 3. The number of aliphatic hydroxyl groups excluding tert-OH is 1. The summed E-state index contributed by atoms with van der Waals surface area (Å²) in [5.74, 6) is -2.75. The van der Waals surface area contributed by atoms with Crippen molar-refractivity contribution in [2.45, 2.75) is 12.3 Å². The lowest BCUT2D eigenvalue weighted by Gasteiger charge is -2.15. The molecule has 0 saturated heterocycles. The minimum atomic E-state index is -4.90. The molecule has 0 aliphatic rings. The summed E-state index contributed by atoms with van der Waals surface area (Å²) in [6.07, 6.45) is -6.13. The second-order valence-electron chi connectivity index (χ2n) is 4.97. The Morgan fingerprint density at radius 2 is 1.62 bits per heavy atom. The number of rotatable bonds is 4. The number of hydrogen-bond donors (Lipinski definition) is 2. The number of amides is 1. The number of benzene rings is 2. The lowest BCUT2D eigenvalue weighted by molar-refractivity contribution is -0.138. The van der Waals surface area contributed by atoms with Gasteiger partial charge in [-0.15, -0.1) is 0 Å². The topological polar surface area (TPSA) is 49.3 Å². The molecule has 0 aliphatic heterocycles. The molecular formula is C16H12F5NO2. The lowest BCUT2D eigenvalue weighted by Crippen LogP contribution is -2.30. The van der Waals surface area contributed by atoms with Crippen LogP contribution in [0.25, 0.3) is 0 Å². The number of carbonyl (C=O) groups is 1. The molecule has 1 atom stereocenters. The molecule has 24 heavy (non-hydrogen) atoms. The predicted molar refractivity (Wildman–Crippen MR) is 75.1 cm³/mol. The molecule has 2 aromatic carbocycles. The first-order chi connectivity index (χ1) is 11.2. The highest BCUT2D eigenvalue weighted by atomic mass is 19.4. The summed E-state index contributed by atoms with van der Waals surface area (Å²) in [4.78, 5) is 11.9. The van der Waals surface area contributed by atoms with E-state index in [9.17, 15) is 31.9 Å². The molecule has 0 aliphatic carbocycles. The smallest absolute Gasteiger partial charge is 0.387 e. The third kappa shape index (κ3) is 4.29. The Balaban J connectivity index is 2.11. The van der Waals surface area contributed by atoms with Gasteiger partial charge in [-0.05, 0) is 35.9 Å². The maximum Gasteiger partial charge on any atom is 0.417 e. The number of nitrogens with one attached hydrogen (secondary N) is 1. The normalized spacial score (nSPS) is 12.8. The van der Waals surface area contributed by atoms with Crippen molar-refractivity contribution >= 4 is 5.91 Å². The van der Waals surface area contributed by atoms with Crippen molar-refractivity contribution < 1.29 is 31.9 Å². The molecule has 0 radical (unpaired) electrons. The fraction of sp³-hybridized carbons (Fsp3) is 0.188. The van der Waals surface area contributed by atoms with Crippen molar-refractivity contribution in [1.29, 1.82) is 0 Å². The first-order valence-corrected chi connectivity index (χ1v) is 6.77. The van der Waals surface area contributed by atoms with E-state index >= 15 is 0 Å². The van der Waals surface area contributed by atoms with Gasteiger partial charge in [0.2, 0.25) is 0 Å². The predicted octanol–water partition coefficient (Wildman–Crippen LogP) is 3.45. The summed E-state index contributed by atoms with van der Waals surface area (Å²) in [7, 11) is 0. The average molecular weight is 345 g/mol. The lowest BCUT2D eigenvalue weighted by atomic mass is 10.1. The van der Waals surface area contributed by atoms with Gasteiger partial charge in [-0.3, -0.25) is 4.79 Å². The van der Waals surface area contributed by atoms with Crippen molar-refractivity contribution in [2.24, 2.45) is 0 Å². The van der Waals surface area contributed by atoms with Crippen LogP contribution in [0.5, 0.6) is 0 Å². The van der Waals surface area contributed by atoms with Crippen LogP contribution in [0.4, 0.5) is 22.0 Å². The minimum absolute atomic E-state index is 0.227. The summed E-state index contributed by atoms with van der Waals surface area (Å²) >= 11 is 0. The highest BCUT2D eigenvalue weighted by Gasteiger charge is 2.35. The Bertz CT molecular complexity index is 728. The Morgan fingerprint density at radius 3 is 2.21 bits per heavy atom. The summed E-state index contributed by atoms with van der Waals surface area (Å²) in [5.41, 5.74) is -1.88. The van der Waals surface area contributed by atoms with Crippen molar-refractivity contribution in [2.75, 3.05) is 6.54 Å². The zero-order chi connectivity index (χ0) is 17.9. The molecule has 0 bridgehead atoms. The summed E-state index contributed by atoms with van der Waals surface area (Å²) in [5, 5.41) is 12.0. The van der Waals surface area contributed by atoms with Crippen molar-refractivity contribution in [3.8, 4) is 0 Å². The van der Waals surface area contributed by atoms with Crippen LogP contribution in [0, 0.1) is 11.6 Å². The van der Waals surface area contributed by atoms with Gasteiger partial charge < -0.3 is 10.4 Å². The molecule has 3 nitrogen and oxygen atoms in total. The van der Waals surface area contributed by atoms with E-state index in [2.05, 4.69) is 5.32 Å². The minimum Gasteiger partial charge on any atom is -0.387 e. The second kappa shape index (κ2) is 6.96. The van der Waals surface area contributed by atoms with Crippen LogP contribution in [-0.4, -0.2) is 17.6 Å². The standard InChI is InChI=1S/C16H12F5NO2/c17-10-3-1-9(2-4-10)14(23)8-22-15(24)12-6-5-11(18)7-13(12)16(19,20)21/h1-7,14,23H,8H2,(H,22,24). The Labute approximate surface area is 133 Å². The van der Waals surface area contributed by atoms with E-state index in [0.29, 0.717) is 0 Å². The SMILES string of the molecule is O=C(NCC(O)c1ccc(F)cc1)c1ccc(F)cc1C(F)(F)F. The van der Waals surface area contributed by atoms with E-state index in [0.717, 1.165) is 24.3 Å². The van der Waals surface area contributed by atoms with Gasteiger partial charge in [0.05, 0.1) is 17.2 Å². The number of carbonyl (C=O) groups excluding carboxylic acids is 1. The highest BCUT2D eigenvalue weighted by Crippen LogP contribution is 2.32. The van der Waals surface area contributed by atoms with Crippen LogP contribution < -0.4 is 5.32 Å². The third-order valence-electron chi connectivity index (χ3n) is 3.24. The zero-order valence-corrected chi connectivity index (χ0v) is 12.1. The molecule has 0 saturated carbocycles. The van der Waals surface area contributed by atoms with Crippen LogP contribution in [-0.2, 0) is 6.18 Å². The quantitative estimate of drug-likeness (QED) is 0.834. The van der Waals surface area contributed by atoms with Crippen molar-refractivity contribution in [1.82, 2.24) is 5.32 Å². The van der Waals surface area contributed by atoms with E-state index in [4.69, 9.17) is 0 Å². The molecule has 0 heterocycles. The zero-order valence-electron chi connectivity index (χ0n) is 12.1. The maximum atomic E-state index is 13.0. The molecule has 0 spiro atoms. The number of halogens is 5. The van der Waals surface area contributed by atoms with Crippen LogP contribution in [0.1, 0.15) is 27.6 Å². The Morgan fingerprint density at radius 1 is 1.04 bits per heavy atom. The van der Waals surface area contributed by atoms with Crippen LogP contribution in [0.3, 0.4) is 0 Å². The molecular weight excluding hydrogens is 333 g/mol. The van der Waals surface area contributed by atoms with Gasteiger partial charge in [-0.25, -0.2) is 8.78 Å². The molecule has 8 heteroatoms. The van der Waals surface area contributed by atoms with E-state index in [1.165, 1.54) is 12.1 Å². The van der Waals surface area contributed by atoms with Crippen molar-refractivity contribution in [3.05, 3.63) is 70.8 Å². The molecule has 1 amide bonds. The molecule has 2 rings (SSSR count). The van der Waals surface area contributed by atoms with Gasteiger partial charge in [-0.1, -0.05) is 12.1 Å². The van der Waals surface area contributed by atoms with Gasteiger partial charge in [0, 0.05) is 6.54 Å². The fourth-order valence-electron chi connectivity index (χ4n) is 2.04. The molecule has 2 N–H and O–H groups in total. The Kier molecular flexibility index (Phi) is 5.18.